The van der Waals surface area contributed by atoms with E-state index in [9.17, 15) is 29.7 Å². The van der Waals surface area contributed by atoms with E-state index in [1.54, 1.807) is 24.3 Å². The molecule has 212 valence electrons. The van der Waals surface area contributed by atoms with Crippen LogP contribution < -0.4 is 4.74 Å². The maximum Gasteiger partial charge on any atom is 0.340 e. The number of rotatable bonds is 4. The third-order valence-electron chi connectivity index (χ3n) is 8.76. The Kier molecular flexibility index (Phi) is 6.59. The van der Waals surface area contributed by atoms with Gasteiger partial charge in [0.25, 0.3) is 0 Å². The van der Waals surface area contributed by atoms with Crippen LogP contribution in [-0.2, 0) is 19.9 Å². The number of carbonyl (C=O) groups is 3. The molecule has 0 saturated carbocycles. The maximum absolute atomic E-state index is 12.5. The first kappa shape index (κ1) is 27.0. The quantitative estimate of drug-likeness (QED) is 0.406. The van der Waals surface area contributed by atoms with Gasteiger partial charge in [0.1, 0.15) is 34.3 Å². The Balaban J connectivity index is 0.000000164. The number of carbonyl (C=O) groups excluding carboxylic acids is 3. The van der Waals surface area contributed by atoms with E-state index in [2.05, 4.69) is 4.90 Å². The molecule has 1 spiro atoms. The molecule has 0 amide bonds. The van der Waals surface area contributed by atoms with Crippen molar-refractivity contribution < 1.29 is 39.2 Å². The number of ketones is 2. The number of Topliss-reactive ketones (excluding diaryl/α,β-unsaturated/α-hetero) is 2. The van der Waals surface area contributed by atoms with Crippen LogP contribution in [0.3, 0.4) is 0 Å². The van der Waals surface area contributed by atoms with Crippen molar-refractivity contribution in [2.75, 3.05) is 19.7 Å². The number of phenolic OH excluding ortho intramolecular Hbond substituents is 2. The summed E-state index contributed by atoms with van der Waals surface area (Å²) in [4.78, 5) is 37.9. The minimum absolute atomic E-state index is 0.0371. The van der Waals surface area contributed by atoms with Gasteiger partial charge < -0.3 is 29.6 Å². The number of hydrogen-bond acceptors (Lipinski definition) is 9. The van der Waals surface area contributed by atoms with Crippen molar-refractivity contribution in [3.8, 4) is 23.0 Å². The molecule has 0 radical (unpaired) electrons. The molecule has 3 aromatic carbocycles. The van der Waals surface area contributed by atoms with Gasteiger partial charge in [0.05, 0.1) is 12.2 Å². The van der Waals surface area contributed by atoms with Gasteiger partial charge in [0.15, 0.2) is 11.4 Å². The third-order valence-corrected chi connectivity index (χ3v) is 8.76. The van der Waals surface area contributed by atoms with Crippen LogP contribution in [0.4, 0.5) is 0 Å². The Morgan fingerprint density at radius 3 is 2.10 bits per heavy atom. The fourth-order valence-electron chi connectivity index (χ4n) is 6.68. The van der Waals surface area contributed by atoms with E-state index in [1.165, 1.54) is 31.2 Å². The fraction of sp³-hybridized carbons (Fsp3) is 0.344. The molecule has 3 N–H and O–H groups in total. The second-order valence-corrected chi connectivity index (χ2v) is 11.1. The smallest absolute Gasteiger partial charge is 0.340 e. The second kappa shape index (κ2) is 10.0. The Hall–Kier alpha value is -4.21. The zero-order chi connectivity index (χ0) is 28.9. The predicted octanol–water partition coefficient (Wildman–Crippen LogP) is 4.05. The van der Waals surface area contributed by atoms with Crippen molar-refractivity contribution in [2.24, 2.45) is 5.92 Å². The highest BCUT2D eigenvalue weighted by molar-refractivity contribution is 5.97. The van der Waals surface area contributed by atoms with Crippen LogP contribution in [0.25, 0.3) is 0 Å². The third kappa shape index (κ3) is 4.19. The van der Waals surface area contributed by atoms with E-state index >= 15 is 0 Å². The molecule has 5 aliphatic heterocycles. The van der Waals surface area contributed by atoms with Gasteiger partial charge in [0, 0.05) is 41.2 Å². The van der Waals surface area contributed by atoms with Gasteiger partial charge >= 0.3 is 5.97 Å². The van der Waals surface area contributed by atoms with Gasteiger partial charge in [-0.1, -0.05) is 18.2 Å². The average Bonchev–Trinajstić information content (AvgIpc) is 3.26. The van der Waals surface area contributed by atoms with Crippen LogP contribution >= 0.6 is 0 Å². The number of phenols is 2. The number of aliphatic hydroxyl groups excluding tert-OH is 1. The van der Waals surface area contributed by atoms with Crippen LogP contribution in [0.2, 0.25) is 0 Å². The van der Waals surface area contributed by atoms with Crippen LogP contribution in [0.15, 0.2) is 60.7 Å². The van der Waals surface area contributed by atoms with Crippen molar-refractivity contribution in [2.45, 2.75) is 43.7 Å². The summed E-state index contributed by atoms with van der Waals surface area (Å²) in [7, 11) is 0. The monoisotopic (exact) mass is 557 g/mol. The highest BCUT2D eigenvalue weighted by Gasteiger charge is 2.54. The minimum Gasteiger partial charge on any atom is -0.508 e. The van der Waals surface area contributed by atoms with Gasteiger partial charge in [-0.05, 0) is 69.6 Å². The van der Waals surface area contributed by atoms with Crippen molar-refractivity contribution in [3.05, 3.63) is 82.9 Å². The summed E-state index contributed by atoms with van der Waals surface area (Å²) < 4.78 is 11.8. The summed E-state index contributed by atoms with van der Waals surface area (Å²) in [5, 5.41) is 29.2. The van der Waals surface area contributed by atoms with E-state index < -0.39 is 17.1 Å². The van der Waals surface area contributed by atoms with Crippen molar-refractivity contribution in [1.29, 1.82) is 0 Å². The lowest BCUT2D eigenvalue weighted by molar-refractivity contribution is -0.153. The number of hydrogen-bond donors (Lipinski definition) is 3. The summed E-state index contributed by atoms with van der Waals surface area (Å²) in [5.41, 5.74) is 0.540. The Morgan fingerprint density at radius 1 is 0.927 bits per heavy atom. The highest BCUT2D eigenvalue weighted by atomic mass is 16.6. The Labute approximate surface area is 236 Å². The van der Waals surface area contributed by atoms with Crippen LogP contribution in [-0.4, -0.2) is 63.0 Å². The minimum atomic E-state index is -1.17. The number of nitrogens with zero attached hydrogens (tertiary/aromatic N) is 1. The van der Waals surface area contributed by atoms with E-state index in [-0.39, 0.29) is 35.6 Å². The van der Waals surface area contributed by atoms with Gasteiger partial charge in [-0.2, -0.15) is 0 Å². The first-order chi connectivity index (χ1) is 19.7. The van der Waals surface area contributed by atoms with Crippen molar-refractivity contribution >= 4 is 17.5 Å². The first-order valence-electron chi connectivity index (χ1n) is 13.8. The Morgan fingerprint density at radius 2 is 1.54 bits per heavy atom. The van der Waals surface area contributed by atoms with Crippen LogP contribution in [0, 0.1) is 5.92 Å². The molecule has 2 bridgehead atoms. The standard InChI is InChI=1S/C20H12O5.C12H19NO3/c21-11-5-7-15-17(9-11)24-18-10-12(22)6-8-16(18)20(15)14-4-2-1-3-13(14)19(23)25-20;1-9(15)2-5-12(8-14)11(16)10-3-6-13(12)7-4-10/h1-10,21-22H;10,14H,2-8H2,1H3. The summed E-state index contributed by atoms with van der Waals surface area (Å²) in [6, 6.07) is 16.6. The van der Waals surface area contributed by atoms with Crippen LogP contribution in [0.5, 0.6) is 23.0 Å². The Bertz CT molecular complexity index is 1510. The number of esters is 1. The summed E-state index contributed by atoms with van der Waals surface area (Å²) >= 11 is 0. The largest absolute Gasteiger partial charge is 0.508 e. The fourth-order valence-corrected chi connectivity index (χ4v) is 6.68. The van der Waals surface area contributed by atoms with Gasteiger partial charge in [-0.15, -0.1) is 0 Å². The zero-order valence-electron chi connectivity index (χ0n) is 22.6. The van der Waals surface area contributed by atoms with Gasteiger partial charge in [0.2, 0.25) is 0 Å². The normalized spacial score (nSPS) is 24.3. The van der Waals surface area contributed by atoms with Crippen molar-refractivity contribution in [1.82, 2.24) is 4.90 Å². The molecule has 41 heavy (non-hydrogen) atoms. The molecule has 3 saturated heterocycles. The number of aliphatic hydroxyl groups is 1. The molecule has 5 heterocycles. The second-order valence-electron chi connectivity index (χ2n) is 11.1. The summed E-state index contributed by atoms with van der Waals surface area (Å²) in [6.45, 7) is 3.16. The molecular formula is C32H31NO8. The number of ether oxygens (including phenoxy) is 2. The lowest BCUT2D eigenvalue weighted by Crippen LogP contribution is -2.66. The molecule has 1 atom stereocenters. The first-order valence-corrected chi connectivity index (χ1v) is 13.8. The topological polar surface area (TPSA) is 134 Å². The number of piperidine rings is 3. The number of aromatic hydroxyl groups is 2. The molecule has 0 aliphatic carbocycles. The predicted molar refractivity (Wildman–Crippen MR) is 147 cm³/mol. The molecule has 9 nitrogen and oxygen atoms in total. The molecule has 9 heteroatoms. The summed E-state index contributed by atoms with van der Waals surface area (Å²) in [6.07, 6.45) is 2.70. The maximum atomic E-state index is 12.5. The average molecular weight is 558 g/mol. The lowest BCUT2D eigenvalue weighted by Gasteiger charge is -2.52. The van der Waals surface area contributed by atoms with E-state index in [4.69, 9.17) is 9.47 Å². The lowest BCUT2D eigenvalue weighted by atomic mass is 9.71. The molecule has 5 aliphatic rings. The molecule has 0 aromatic heterocycles. The van der Waals surface area contributed by atoms with E-state index in [0.717, 1.165) is 25.9 Å². The van der Waals surface area contributed by atoms with E-state index in [1.807, 2.05) is 12.1 Å². The molecular weight excluding hydrogens is 526 g/mol. The molecule has 3 aromatic rings. The van der Waals surface area contributed by atoms with Gasteiger partial charge in [-0.3, -0.25) is 9.69 Å². The molecule has 1 unspecified atom stereocenters. The number of fused-ring (bicyclic) bond motifs is 9. The summed E-state index contributed by atoms with van der Waals surface area (Å²) in [5.74, 6) is 0.770. The van der Waals surface area contributed by atoms with Crippen molar-refractivity contribution in [3.63, 3.8) is 0 Å². The van der Waals surface area contributed by atoms with Crippen LogP contribution in [0.1, 0.15) is 59.7 Å². The zero-order valence-corrected chi connectivity index (χ0v) is 22.6. The van der Waals surface area contributed by atoms with E-state index in [0.29, 0.717) is 46.6 Å². The molecule has 8 rings (SSSR count). The molecule has 3 fully saturated rings. The van der Waals surface area contributed by atoms with Gasteiger partial charge in [-0.25, -0.2) is 4.79 Å². The SMILES string of the molecule is CC(=O)CCC1(CO)C(=O)C2CCN1CC2.O=C1OC2(c3ccc(O)cc3Oc3cc(O)ccc32)c2ccccc21. The number of benzene rings is 3. The highest BCUT2D eigenvalue weighted by Crippen LogP contribution is 2.56.